The minimum atomic E-state index is -0.101. The second kappa shape index (κ2) is 5.53. The topological polar surface area (TPSA) is 45.0 Å². The zero-order chi connectivity index (χ0) is 12.0. The van der Waals surface area contributed by atoms with E-state index in [-0.39, 0.29) is 5.60 Å². The zero-order valence-corrected chi connectivity index (χ0v) is 10.1. The van der Waals surface area contributed by atoms with Crippen molar-refractivity contribution in [3.05, 3.63) is 29.8 Å². The Labute approximate surface area is 97.0 Å². The summed E-state index contributed by atoms with van der Waals surface area (Å²) in [5.41, 5.74) is 1.52. The first-order chi connectivity index (χ1) is 7.51. The van der Waals surface area contributed by atoms with E-state index in [9.17, 15) is 0 Å². The fourth-order valence-electron chi connectivity index (χ4n) is 1.25. The van der Waals surface area contributed by atoms with Gasteiger partial charge in [0.05, 0.1) is 23.8 Å². The largest absolute Gasteiger partial charge is 0.383 e. The van der Waals surface area contributed by atoms with Crippen molar-refractivity contribution in [2.45, 2.75) is 26.4 Å². The molecule has 0 aliphatic heterocycles. The van der Waals surface area contributed by atoms with Crippen LogP contribution in [0.1, 0.15) is 26.3 Å². The molecule has 0 aliphatic carbocycles. The van der Waals surface area contributed by atoms with E-state index in [1.165, 1.54) is 0 Å². The van der Waals surface area contributed by atoms with E-state index in [2.05, 4.69) is 11.4 Å². The van der Waals surface area contributed by atoms with Crippen LogP contribution >= 0.6 is 0 Å². The van der Waals surface area contributed by atoms with Crippen LogP contribution < -0.4 is 5.32 Å². The van der Waals surface area contributed by atoms with Crippen LogP contribution in [0.15, 0.2) is 24.3 Å². The van der Waals surface area contributed by atoms with Crippen molar-refractivity contribution < 1.29 is 4.74 Å². The highest BCUT2D eigenvalue weighted by Crippen LogP contribution is 2.10. The van der Waals surface area contributed by atoms with Gasteiger partial charge in [-0.05, 0) is 39.0 Å². The standard InChI is InChI=1S/C13H18N2O/c1-13(2,3)16-8-7-15-12-6-4-5-11(9-12)10-14/h4-6,9,15H,7-8H2,1-3H3. The minimum absolute atomic E-state index is 0.101. The number of anilines is 1. The quantitative estimate of drug-likeness (QED) is 0.790. The van der Waals surface area contributed by atoms with E-state index < -0.39 is 0 Å². The SMILES string of the molecule is CC(C)(C)OCCNc1cccc(C#N)c1. The van der Waals surface area contributed by atoms with Crippen molar-refractivity contribution in [2.75, 3.05) is 18.5 Å². The molecule has 0 bridgehead atoms. The number of rotatable bonds is 4. The lowest BCUT2D eigenvalue weighted by Gasteiger charge is -2.19. The summed E-state index contributed by atoms with van der Waals surface area (Å²) in [4.78, 5) is 0. The molecule has 0 saturated carbocycles. The molecule has 0 saturated heterocycles. The van der Waals surface area contributed by atoms with Gasteiger partial charge in [0.15, 0.2) is 0 Å². The van der Waals surface area contributed by atoms with Gasteiger partial charge < -0.3 is 10.1 Å². The van der Waals surface area contributed by atoms with Crippen LogP contribution in [0.2, 0.25) is 0 Å². The first kappa shape index (κ1) is 12.5. The van der Waals surface area contributed by atoms with Gasteiger partial charge in [0.1, 0.15) is 0 Å². The Morgan fingerprint density at radius 2 is 2.12 bits per heavy atom. The number of nitrogens with one attached hydrogen (secondary N) is 1. The molecule has 0 fully saturated rings. The molecule has 0 radical (unpaired) electrons. The van der Waals surface area contributed by atoms with Crippen LogP contribution in [-0.4, -0.2) is 18.8 Å². The lowest BCUT2D eigenvalue weighted by molar-refractivity contribution is 0.00333. The second-order valence-electron chi connectivity index (χ2n) is 4.58. The third kappa shape index (κ3) is 4.81. The molecule has 1 rings (SSSR count). The maximum absolute atomic E-state index is 8.74. The summed E-state index contributed by atoms with van der Waals surface area (Å²) in [6, 6.07) is 9.54. The Kier molecular flexibility index (Phi) is 4.33. The number of ether oxygens (including phenoxy) is 1. The Morgan fingerprint density at radius 3 is 2.75 bits per heavy atom. The summed E-state index contributed by atoms with van der Waals surface area (Å²) < 4.78 is 5.58. The average Bonchev–Trinajstić information content (AvgIpc) is 2.23. The molecule has 1 N–H and O–H groups in total. The summed E-state index contributed by atoms with van der Waals surface area (Å²) in [7, 11) is 0. The van der Waals surface area contributed by atoms with Crippen LogP contribution in [-0.2, 0) is 4.74 Å². The number of nitriles is 1. The predicted octanol–water partition coefficient (Wildman–Crippen LogP) is 2.79. The van der Waals surface area contributed by atoms with Gasteiger partial charge in [0, 0.05) is 12.2 Å². The lowest BCUT2D eigenvalue weighted by atomic mass is 10.2. The maximum atomic E-state index is 8.74. The van der Waals surface area contributed by atoms with E-state index in [0.717, 1.165) is 12.2 Å². The summed E-state index contributed by atoms with van der Waals surface area (Å²) in [5.74, 6) is 0. The van der Waals surface area contributed by atoms with Crippen molar-refractivity contribution in [2.24, 2.45) is 0 Å². The van der Waals surface area contributed by atoms with Gasteiger partial charge in [-0.1, -0.05) is 6.07 Å². The monoisotopic (exact) mass is 218 g/mol. The van der Waals surface area contributed by atoms with Crippen LogP contribution in [0.4, 0.5) is 5.69 Å². The molecule has 0 amide bonds. The summed E-state index contributed by atoms with van der Waals surface area (Å²) >= 11 is 0. The first-order valence-electron chi connectivity index (χ1n) is 5.39. The predicted molar refractivity (Wildman–Crippen MR) is 65.4 cm³/mol. The molecule has 86 valence electrons. The summed E-state index contributed by atoms with van der Waals surface area (Å²) in [5, 5.41) is 12.0. The molecular weight excluding hydrogens is 200 g/mol. The van der Waals surface area contributed by atoms with Crippen molar-refractivity contribution in [1.82, 2.24) is 0 Å². The molecule has 1 aromatic carbocycles. The molecule has 3 heteroatoms. The fraction of sp³-hybridized carbons (Fsp3) is 0.462. The Hall–Kier alpha value is -1.53. The van der Waals surface area contributed by atoms with E-state index in [1.807, 2.05) is 39.0 Å². The Morgan fingerprint density at radius 1 is 1.38 bits per heavy atom. The molecule has 0 heterocycles. The molecule has 1 aromatic rings. The van der Waals surface area contributed by atoms with Crippen LogP contribution in [0, 0.1) is 11.3 Å². The number of hydrogen-bond acceptors (Lipinski definition) is 3. The number of nitrogens with zero attached hydrogens (tertiary/aromatic N) is 1. The summed E-state index contributed by atoms with van der Waals surface area (Å²) in [6.45, 7) is 7.49. The smallest absolute Gasteiger partial charge is 0.0992 e. The molecule has 0 spiro atoms. The molecule has 0 aliphatic rings. The first-order valence-corrected chi connectivity index (χ1v) is 5.39. The number of hydrogen-bond donors (Lipinski definition) is 1. The van der Waals surface area contributed by atoms with Gasteiger partial charge in [-0.25, -0.2) is 0 Å². The fourth-order valence-corrected chi connectivity index (χ4v) is 1.25. The van der Waals surface area contributed by atoms with Crippen LogP contribution in [0.5, 0.6) is 0 Å². The van der Waals surface area contributed by atoms with Gasteiger partial charge in [0.25, 0.3) is 0 Å². The van der Waals surface area contributed by atoms with Gasteiger partial charge >= 0.3 is 0 Å². The highest BCUT2D eigenvalue weighted by atomic mass is 16.5. The van der Waals surface area contributed by atoms with E-state index >= 15 is 0 Å². The van der Waals surface area contributed by atoms with Crippen molar-refractivity contribution in [3.63, 3.8) is 0 Å². The molecular formula is C13H18N2O. The van der Waals surface area contributed by atoms with Crippen molar-refractivity contribution in [1.29, 1.82) is 5.26 Å². The van der Waals surface area contributed by atoms with Gasteiger partial charge in [0.2, 0.25) is 0 Å². The average molecular weight is 218 g/mol. The number of benzene rings is 1. The van der Waals surface area contributed by atoms with E-state index in [0.29, 0.717) is 12.2 Å². The highest BCUT2D eigenvalue weighted by Gasteiger charge is 2.08. The normalized spacial score (nSPS) is 10.9. The third-order valence-corrected chi connectivity index (χ3v) is 1.96. The molecule has 0 unspecified atom stereocenters. The van der Waals surface area contributed by atoms with Gasteiger partial charge in [-0.2, -0.15) is 5.26 Å². The van der Waals surface area contributed by atoms with Crippen LogP contribution in [0.25, 0.3) is 0 Å². The zero-order valence-electron chi connectivity index (χ0n) is 10.1. The Bertz CT molecular complexity index is 374. The lowest BCUT2D eigenvalue weighted by Crippen LogP contribution is -2.23. The molecule has 0 atom stereocenters. The Balaban J connectivity index is 2.35. The van der Waals surface area contributed by atoms with E-state index in [4.69, 9.17) is 10.00 Å². The summed E-state index contributed by atoms with van der Waals surface area (Å²) in [6.07, 6.45) is 0. The molecule has 3 nitrogen and oxygen atoms in total. The molecule has 0 aromatic heterocycles. The molecule has 16 heavy (non-hydrogen) atoms. The van der Waals surface area contributed by atoms with Gasteiger partial charge in [-0.15, -0.1) is 0 Å². The van der Waals surface area contributed by atoms with Crippen LogP contribution in [0.3, 0.4) is 0 Å². The van der Waals surface area contributed by atoms with Crippen molar-refractivity contribution in [3.8, 4) is 6.07 Å². The minimum Gasteiger partial charge on any atom is -0.383 e. The third-order valence-electron chi connectivity index (χ3n) is 1.96. The van der Waals surface area contributed by atoms with E-state index in [1.54, 1.807) is 6.07 Å². The van der Waals surface area contributed by atoms with Crippen molar-refractivity contribution >= 4 is 5.69 Å². The second-order valence-corrected chi connectivity index (χ2v) is 4.58. The highest BCUT2D eigenvalue weighted by molar-refractivity contribution is 5.48. The maximum Gasteiger partial charge on any atom is 0.0992 e. The van der Waals surface area contributed by atoms with Gasteiger partial charge in [-0.3, -0.25) is 0 Å².